The number of hydrogen-bond acceptors (Lipinski definition) is 2. The number of benzene rings is 1. The highest BCUT2D eigenvalue weighted by Crippen LogP contribution is 2.19. The van der Waals surface area contributed by atoms with Gasteiger partial charge in [0.05, 0.1) is 12.6 Å². The highest BCUT2D eigenvalue weighted by atomic mass is 19.3. The molecule has 0 unspecified atom stereocenters. The summed E-state index contributed by atoms with van der Waals surface area (Å²) in [7, 11) is 1.34. The highest BCUT2D eigenvalue weighted by molar-refractivity contribution is 5.86. The predicted octanol–water partition coefficient (Wildman–Crippen LogP) is 1.76. The summed E-state index contributed by atoms with van der Waals surface area (Å²) in [5.41, 5.74) is 7.70. The molecule has 0 aliphatic heterocycles. The van der Waals surface area contributed by atoms with Crippen LogP contribution < -0.4 is 5.73 Å². The highest BCUT2D eigenvalue weighted by Gasteiger charge is 2.21. The van der Waals surface area contributed by atoms with E-state index < -0.39 is 24.9 Å². The Morgan fingerprint density at radius 2 is 2.10 bits per heavy atom. The quantitative estimate of drug-likeness (QED) is 0.877. The minimum Gasteiger partial charge on any atom is -0.361 e. The smallest absolute Gasteiger partial charge is 0.255 e. The number of aromatic amines is 1. The molecule has 0 saturated carbocycles. The number of rotatable bonds is 5. The van der Waals surface area contributed by atoms with Gasteiger partial charge in [-0.2, -0.15) is 0 Å². The second kappa shape index (κ2) is 6.00. The van der Waals surface area contributed by atoms with Crippen LogP contribution in [0.15, 0.2) is 30.5 Å². The molecule has 1 aromatic carbocycles. The molecular weight excluding hydrogens is 264 g/mol. The van der Waals surface area contributed by atoms with Gasteiger partial charge in [-0.15, -0.1) is 0 Å². The Kier molecular flexibility index (Phi) is 4.34. The second-order valence-electron chi connectivity index (χ2n) is 4.78. The number of H-pyrrole nitrogens is 1. The molecule has 108 valence electrons. The van der Waals surface area contributed by atoms with Gasteiger partial charge in [-0.3, -0.25) is 4.79 Å². The molecule has 0 bridgehead atoms. The number of fused-ring (bicyclic) bond motifs is 1. The Hall–Kier alpha value is -1.95. The van der Waals surface area contributed by atoms with E-state index in [1.54, 1.807) is 6.20 Å². The van der Waals surface area contributed by atoms with Gasteiger partial charge < -0.3 is 15.6 Å². The number of halogens is 2. The number of likely N-dealkylation sites (N-methyl/N-ethyl adjacent to an activating group) is 1. The molecule has 0 aliphatic rings. The summed E-state index contributed by atoms with van der Waals surface area (Å²) >= 11 is 0. The van der Waals surface area contributed by atoms with E-state index in [1.165, 1.54) is 7.05 Å². The number of nitrogens with zero attached hydrogens (tertiary/aromatic N) is 1. The van der Waals surface area contributed by atoms with E-state index in [0.29, 0.717) is 6.42 Å². The van der Waals surface area contributed by atoms with E-state index in [1.807, 2.05) is 24.3 Å². The van der Waals surface area contributed by atoms with Crippen molar-refractivity contribution in [1.82, 2.24) is 9.88 Å². The van der Waals surface area contributed by atoms with Gasteiger partial charge in [0.15, 0.2) is 0 Å². The molecule has 2 rings (SSSR count). The largest absolute Gasteiger partial charge is 0.361 e. The molecule has 6 heteroatoms. The van der Waals surface area contributed by atoms with Gasteiger partial charge in [-0.05, 0) is 18.1 Å². The third kappa shape index (κ3) is 3.14. The van der Waals surface area contributed by atoms with Crippen LogP contribution in [0.4, 0.5) is 8.78 Å². The molecule has 3 N–H and O–H groups in total. The Morgan fingerprint density at radius 3 is 2.80 bits per heavy atom. The lowest BCUT2D eigenvalue weighted by molar-refractivity contribution is -0.132. The molecule has 0 aliphatic carbocycles. The average molecular weight is 281 g/mol. The molecule has 1 heterocycles. The summed E-state index contributed by atoms with van der Waals surface area (Å²) in [6.07, 6.45) is -0.439. The van der Waals surface area contributed by atoms with Gasteiger partial charge in [0, 0.05) is 24.1 Å². The number of hydrogen-bond donors (Lipinski definition) is 2. The number of nitrogens with two attached hydrogens (primary N) is 1. The molecule has 20 heavy (non-hydrogen) atoms. The standard InChI is InChI=1S/C14H17F2N3O/c1-19(8-13(15)16)14(20)11(17)6-9-7-18-12-5-3-2-4-10(9)12/h2-5,7,11,13,18H,6,8,17H2,1H3/t11-/m1/s1. The number of amides is 1. The van der Waals surface area contributed by atoms with E-state index >= 15 is 0 Å². The maximum absolute atomic E-state index is 12.3. The van der Waals surface area contributed by atoms with Crippen molar-refractivity contribution in [2.75, 3.05) is 13.6 Å². The molecule has 0 spiro atoms. The molecule has 0 saturated heterocycles. The van der Waals surface area contributed by atoms with Crippen LogP contribution in [0.1, 0.15) is 5.56 Å². The van der Waals surface area contributed by atoms with Crippen LogP contribution in [-0.4, -0.2) is 41.9 Å². The van der Waals surface area contributed by atoms with Gasteiger partial charge in [-0.25, -0.2) is 8.78 Å². The van der Waals surface area contributed by atoms with Crippen molar-refractivity contribution in [2.45, 2.75) is 18.9 Å². The number of carbonyl (C=O) groups is 1. The molecule has 0 fully saturated rings. The van der Waals surface area contributed by atoms with Crippen molar-refractivity contribution >= 4 is 16.8 Å². The zero-order valence-corrected chi connectivity index (χ0v) is 11.1. The first-order valence-corrected chi connectivity index (χ1v) is 6.32. The summed E-state index contributed by atoms with van der Waals surface area (Å²) in [6, 6.07) is 6.84. The Balaban J connectivity index is 2.07. The summed E-state index contributed by atoms with van der Waals surface area (Å²) in [4.78, 5) is 16.0. The fraction of sp³-hybridized carbons (Fsp3) is 0.357. The Morgan fingerprint density at radius 1 is 1.40 bits per heavy atom. The van der Waals surface area contributed by atoms with E-state index in [9.17, 15) is 13.6 Å². The van der Waals surface area contributed by atoms with Crippen molar-refractivity contribution in [3.05, 3.63) is 36.0 Å². The average Bonchev–Trinajstić information content (AvgIpc) is 2.80. The predicted molar refractivity (Wildman–Crippen MR) is 73.6 cm³/mol. The fourth-order valence-electron chi connectivity index (χ4n) is 2.20. The Labute approximate surface area is 115 Å². The van der Waals surface area contributed by atoms with Crippen molar-refractivity contribution < 1.29 is 13.6 Å². The topological polar surface area (TPSA) is 62.1 Å². The van der Waals surface area contributed by atoms with Gasteiger partial charge >= 0.3 is 0 Å². The number of aromatic nitrogens is 1. The SMILES string of the molecule is CN(CC(F)F)C(=O)[C@H](N)Cc1c[nH]c2ccccc12. The van der Waals surface area contributed by atoms with Crippen LogP contribution in [0.3, 0.4) is 0 Å². The minimum absolute atomic E-state index is 0.316. The van der Waals surface area contributed by atoms with Crippen molar-refractivity contribution in [2.24, 2.45) is 5.73 Å². The van der Waals surface area contributed by atoms with Gasteiger partial charge in [0.25, 0.3) is 6.43 Å². The molecule has 1 amide bonds. The maximum Gasteiger partial charge on any atom is 0.255 e. The fourth-order valence-corrected chi connectivity index (χ4v) is 2.20. The lowest BCUT2D eigenvalue weighted by Crippen LogP contribution is -2.44. The van der Waals surface area contributed by atoms with E-state index in [0.717, 1.165) is 21.4 Å². The minimum atomic E-state index is -2.55. The third-order valence-electron chi connectivity index (χ3n) is 3.22. The van der Waals surface area contributed by atoms with Crippen LogP contribution >= 0.6 is 0 Å². The van der Waals surface area contributed by atoms with Crippen LogP contribution in [0.2, 0.25) is 0 Å². The molecular formula is C14H17F2N3O. The van der Waals surface area contributed by atoms with E-state index in [4.69, 9.17) is 5.73 Å². The first kappa shape index (κ1) is 14.5. The molecule has 4 nitrogen and oxygen atoms in total. The van der Waals surface area contributed by atoms with Crippen molar-refractivity contribution in [3.63, 3.8) is 0 Å². The monoisotopic (exact) mass is 281 g/mol. The Bertz CT molecular complexity index is 597. The zero-order valence-electron chi connectivity index (χ0n) is 11.1. The second-order valence-corrected chi connectivity index (χ2v) is 4.78. The zero-order chi connectivity index (χ0) is 14.7. The molecule has 1 atom stereocenters. The lowest BCUT2D eigenvalue weighted by atomic mass is 10.0. The molecule has 1 aromatic heterocycles. The maximum atomic E-state index is 12.3. The van der Waals surface area contributed by atoms with Gasteiger partial charge in [0.1, 0.15) is 0 Å². The number of nitrogens with one attached hydrogen (secondary N) is 1. The van der Waals surface area contributed by atoms with Gasteiger partial charge in [-0.1, -0.05) is 18.2 Å². The van der Waals surface area contributed by atoms with E-state index in [-0.39, 0.29) is 0 Å². The summed E-state index contributed by atoms with van der Waals surface area (Å²) in [5, 5.41) is 0.993. The molecule has 2 aromatic rings. The first-order valence-electron chi connectivity index (χ1n) is 6.32. The number of para-hydroxylation sites is 1. The normalized spacial score (nSPS) is 12.8. The van der Waals surface area contributed by atoms with Crippen LogP contribution in [0.25, 0.3) is 10.9 Å². The lowest BCUT2D eigenvalue weighted by Gasteiger charge is -2.20. The van der Waals surface area contributed by atoms with Crippen LogP contribution in [-0.2, 0) is 11.2 Å². The summed E-state index contributed by atoms with van der Waals surface area (Å²) in [5.74, 6) is -0.476. The van der Waals surface area contributed by atoms with Crippen molar-refractivity contribution in [3.8, 4) is 0 Å². The first-order chi connectivity index (χ1) is 9.49. The summed E-state index contributed by atoms with van der Waals surface area (Å²) < 4.78 is 24.5. The van der Waals surface area contributed by atoms with E-state index in [2.05, 4.69) is 4.98 Å². The number of alkyl halides is 2. The summed E-state index contributed by atoms with van der Waals surface area (Å²) in [6.45, 7) is -0.597. The van der Waals surface area contributed by atoms with Crippen molar-refractivity contribution in [1.29, 1.82) is 0 Å². The van der Waals surface area contributed by atoms with Crippen LogP contribution in [0, 0.1) is 0 Å². The number of carbonyl (C=O) groups excluding carboxylic acids is 1. The third-order valence-corrected chi connectivity index (χ3v) is 3.22. The van der Waals surface area contributed by atoms with Crippen LogP contribution in [0.5, 0.6) is 0 Å². The molecule has 0 radical (unpaired) electrons. The van der Waals surface area contributed by atoms with Gasteiger partial charge in [0.2, 0.25) is 5.91 Å².